The van der Waals surface area contributed by atoms with E-state index in [2.05, 4.69) is 51.6 Å². The van der Waals surface area contributed by atoms with Crippen LogP contribution in [0.2, 0.25) is 0 Å². The van der Waals surface area contributed by atoms with Crippen molar-refractivity contribution in [2.45, 2.75) is 69.1 Å². The van der Waals surface area contributed by atoms with E-state index in [0.717, 1.165) is 43.6 Å². The number of pyridine rings is 1. The van der Waals surface area contributed by atoms with E-state index in [1.165, 1.54) is 30.4 Å². The third-order valence-corrected chi connectivity index (χ3v) is 7.37. The van der Waals surface area contributed by atoms with Crippen molar-refractivity contribution in [2.75, 3.05) is 11.9 Å². The van der Waals surface area contributed by atoms with Gasteiger partial charge in [-0.2, -0.15) is 13.2 Å². The number of aromatic nitrogens is 1. The monoisotopic (exact) mass is 504 g/mol. The van der Waals surface area contributed by atoms with Crippen LogP contribution in [0.5, 0.6) is 0 Å². The summed E-state index contributed by atoms with van der Waals surface area (Å²) >= 11 is 0. The molecule has 2 aliphatic carbocycles. The Kier molecular flexibility index (Phi) is 7.82. The number of nitrogens with two attached hydrogens (primary N) is 1. The van der Waals surface area contributed by atoms with E-state index >= 15 is 0 Å². The number of carboxylic acids is 1. The summed E-state index contributed by atoms with van der Waals surface area (Å²) in [5.41, 5.74) is 10.6. The number of hydrogen-bond acceptors (Lipinski definition) is 4. The first kappa shape index (κ1) is 25.9. The average Bonchev–Trinajstić information content (AvgIpc) is 3.24. The molecule has 4 unspecified atom stereocenters. The van der Waals surface area contributed by atoms with Crippen LogP contribution in [0.1, 0.15) is 54.8 Å². The molecule has 1 saturated heterocycles. The Morgan fingerprint density at radius 1 is 1.11 bits per heavy atom. The van der Waals surface area contributed by atoms with Gasteiger partial charge in [0.2, 0.25) is 0 Å². The van der Waals surface area contributed by atoms with Crippen molar-refractivity contribution in [3.05, 3.63) is 59.4 Å². The highest BCUT2D eigenvalue weighted by atomic mass is 19.4. The van der Waals surface area contributed by atoms with Crippen LogP contribution in [0.25, 0.3) is 0 Å². The number of alkyl halides is 3. The maximum Gasteiger partial charge on any atom is 0.490 e. The Balaban J connectivity index is 0.000000384. The Bertz CT molecular complexity index is 1080. The first-order valence-electron chi connectivity index (χ1n) is 12.3. The molecule has 0 bridgehead atoms. The molecule has 1 aromatic heterocycles. The van der Waals surface area contributed by atoms with Gasteiger partial charge in [0, 0.05) is 30.2 Å². The molecule has 10 heteroatoms. The molecule has 4 atom stereocenters. The fraction of sp³-hybridized carbons (Fsp3) is 0.500. The normalized spacial score (nSPS) is 25.2. The van der Waals surface area contributed by atoms with E-state index < -0.39 is 12.1 Å². The van der Waals surface area contributed by atoms with Crippen molar-refractivity contribution in [3.8, 4) is 0 Å². The average molecular weight is 505 g/mol. The lowest BCUT2D eigenvalue weighted by atomic mass is 9.77. The minimum absolute atomic E-state index is 0.0159. The van der Waals surface area contributed by atoms with Gasteiger partial charge in [-0.05, 0) is 55.2 Å². The number of amides is 2. The van der Waals surface area contributed by atoms with Crippen molar-refractivity contribution in [2.24, 2.45) is 11.7 Å². The Morgan fingerprint density at radius 3 is 2.50 bits per heavy atom. The molecular formula is C26H31F3N4O3. The third kappa shape index (κ3) is 5.98. The number of rotatable bonds is 2. The van der Waals surface area contributed by atoms with E-state index in [4.69, 9.17) is 15.6 Å². The fourth-order valence-corrected chi connectivity index (χ4v) is 5.68. The van der Waals surface area contributed by atoms with Gasteiger partial charge in [-0.25, -0.2) is 9.59 Å². The number of carbonyl (C=O) groups is 2. The number of nitrogens with one attached hydrogen (secondary N) is 1. The molecule has 7 nitrogen and oxygen atoms in total. The van der Waals surface area contributed by atoms with E-state index in [0.29, 0.717) is 17.9 Å². The second-order valence-electron chi connectivity index (χ2n) is 9.75. The smallest absolute Gasteiger partial charge is 0.475 e. The Labute approximate surface area is 207 Å². The van der Waals surface area contributed by atoms with Crippen LogP contribution < -0.4 is 11.1 Å². The Hall–Kier alpha value is -3.14. The first-order chi connectivity index (χ1) is 17.1. The summed E-state index contributed by atoms with van der Waals surface area (Å²) in [7, 11) is 0. The summed E-state index contributed by atoms with van der Waals surface area (Å²) in [6.07, 6.45) is 4.29. The molecule has 1 aliphatic heterocycles. The molecule has 0 spiro atoms. The van der Waals surface area contributed by atoms with Gasteiger partial charge in [-0.15, -0.1) is 0 Å². The van der Waals surface area contributed by atoms with Crippen LogP contribution >= 0.6 is 0 Å². The largest absolute Gasteiger partial charge is 0.490 e. The zero-order valence-electron chi connectivity index (χ0n) is 19.9. The van der Waals surface area contributed by atoms with Gasteiger partial charge < -0.3 is 21.1 Å². The highest BCUT2D eigenvalue weighted by Crippen LogP contribution is 2.45. The minimum atomic E-state index is -5.08. The van der Waals surface area contributed by atoms with Gasteiger partial charge in [-0.3, -0.25) is 4.98 Å². The van der Waals surface area contributed by atoms with Gasteiger partial charge in [-0.1, -0.05) is 43.2 Å². The SMILES string of the molecule is NC1CCc2ncc(NC(=O)N3CC(c4ccccc4)C4CCCCC43)cc2C1.O=C(O)C(F)(F)F. The van der Waals surface area contributed by atoms with E-state index in [1.807, 2.05) is 0 Å². The van der Waals surface area contributed by atoms with Crippen LogP contribution in [0.15, 0.2) is 42.6 Å². The molecule has 36 heavy (non-hydrogen) atoms. The van der Waals surface area contributed by atoms with E-state index in [9.17, 15) is 18.0 Å². The number of benzene rings is 1. The van der Waals surface area contributed by atoms with Crippen molar-refractivity contribution in [3.63, 3.8) is 0 Å². The van der Waals surface area contributed by atoms with Crippen LogP contribution in [-0.4, -0.2) is 51.8 Å². The van der Waals surface area contributed by atoms with Crippen LogP contribution in [0.3, 0.4) is 0 Å². The lowest BCUT2D eigenvalue weighted by Gasteiger charge is -2.32. The molecule has 1 saturated carbocycles. The zero-order chi connectivity index (χ0) is 25.9. The van der Waals surface area contributed by atoms with Crippen molar-refractivity contribution >= 4 is 17.7 Å². The highest BCUT2D eigenvalue weighted by Gasteiger charge is 2.45. The molecule has 4 N–H and O–H groups in total. The number of halogens is 3. The number of aryl methyl sites for hydroxylation is 1. The maximum atomic E-state index is 13.2. The van der Waals surface area contributed by atoms with E-state index in [-0.39, 0.29) is 12.1 Å². The second-order valence-corrected chi connectivity index (χ2v) is 9.75. The number of carbonyl (C=O) groups excluding carboxylic acids is 1. The summed E-state index contributed by atoms with van der Waals surface area (Å²) in [4.78, 5) is 28.8. The topological polar surface area (TPSA) is 109 Å². The number of nitrogens with zero attached hydrogens (tertiary/aromatic N) is 2. The predicted octanol–water partition coefficient (Wildman–Crippen LogP) is 4.72. The van der Waals surface area contributed by atoms with Gasteiger partial charge >= 0.3 is 18.2 Å². The van der Waals surface area contributed by atoms with Crippen molar-refractivity contribution in [1.82, 2.24) is 9.88 Å². The van der Waals surface area contributed by atoms with Crippen molar-refractivity contribution in [1.29, 1.82) is 0 Å². The number of carboxylic acid groups (broad SMARTS) is 1. The van der Waals surface area contributed by atoms with E-state index in [1.54, 1.807) is 6.20 Å². The first-order valence-corrected chi connectivity index (χ1v) is 12.3. The fourth-order valence-electron chi connectivity index (χ4n) is 5.68. The van der Waals surface area contributed by atoms with Gasteiger partial charge in [0.05, 0.1) is 11.9 Å². The molecule has 2 heterocycles. The lowest BCUT2D eigenvalue weighted by molar-refractivity contribution is -0.192. The van der Waals surface area contributed by atoms with Gasteiger partial charge in [0.15, 0.2) is 0 Å². The molecule has 2 aromatic rings. The Morgan fingerprint density at radius 2 is 1.81 bits per heavy atom. The molecule has 0 radical (unpaired) electrons. The van der Waals surface area contributed by atoms with Gasteiger partial charge in [0.25, 0.3) is 0 Å². The molecule has 2 fully saturated rings. The van der Waals surface area contributed by atoms with Crippen LogP contribution in [0.4, 0.5) is 23.7 Å². The zero-order valence-corrected chi connectivity index (χ0v) is 19.9. The minimum Gasteiger partial charge on any atom is -0.475 e. The number of likely N-dealkylation sites (tertiary alicyclic amines) is 1. The number of aliphatic carboxylic acids is 1. The highest BCUT2D eigenvalue weighted by molar-refractivity contribution is 5.90. The molecule has 2 amide bonds. The molecule has 3 aliphatic rings. The molecular weight excluding hydrogens is 473 g/mol. The number of urea groups is 1. The number of hydrogen-bond donors (Lipinski definition) is 3. The van der Waals surface area contributed by atoms with Gasteiger partial charge in [0.1, 0.15) is 0 Å². The lowest BCUT2D eigenvalue weighted by Crippen LogP contribution is -2.41. The standard InChI is InChI=1S/C24H30N4O.C2HF3O2/c25-18-10-11-22-17(12-18)13-19(14-26-22)27-24(29)28-15-21(16-6-2-1-3-7-16)20-8-4-5-9-23(20)28;3-2(4,5)1(6)7/h1-3,6-7,13-14,18,20-21,23H,4-5,8-12,15,25H2,(H,27,29);(H,6,7). The summed E-state index contributed by atoms with van der Waals surface area (Å²) < 4.78 is 31.7. The third-order valence-electron chi connectivity index (χ3n) is 7.37. The summed E-state index contributed by atoms with van der Waals surface area (Å²) in [5.74, 6) is -1.75. The second kappa shape index (κ2) is 10.9. The number of fused-ring (bicyclic) bond motifs is 2. The summed E-state index contributed by atoms with van der Waals surface area (Å²) in [5, 5.41) is 10.3. The molecule has 194 valence electrons. The quantitative estimate of drug-likeness (QED) is 0.548. The number of anilines is 1. The molecule has 1 aromatic carbocycles. The summed E-state index contributed by atoms with van der Waals surface area (Å²) in [6, 6.07) is 13.3. The molecule has 5 rings (SSSR count). The van der Waals surface area contributed by atoms with Crippen LogP contribution in [0, 0.1) is 5.92 Å². The predicted molar refractivity (Wildman–Crippen MR) is 129 cm³/mol. The summed E-state index contributed by atoms with van der Waals surface area (Å²) in [6.45, 7) is 0.800. The van der Waals surface area contributed by atoms with Crippen LogP contribution in [-0.2, 0) is 17.6 Å². The maximum absolute atomic E-state index is 13.2. The van der Waals surface area contributed by atoms with Crippen molar-refractivity contribution < 1.29 is 27.9 Å².